The van der Waals surface area contributed by atoms with Crippen molar-refractivity contribution in [3.63, 3.8) is 0 Å². The topological polar surface area (TPSA) is 79.8 Å². The van der Waals surface area contributed by atoms with Gasteiger partial charge in [0.2, 0.25) is 0 Å². The van der Waals surface area contributed by atoms with Gasteiger partial charge in [-0.25, -0.2) is 9.97 Å². The predicted octanol–water partition coefficient (Wildman–Crippen LogP) is 2.66. The number of nitrogens with one attached hydrogen (secondary N) is 2. The molecular formula is C17H15N5O. The van der Waals surface area contributed by atoms with Gasteiger partial charge in [-0.15, -0.1) is 0 Å². The molecule has 23 heavy (non-hydrogen) atoms. The fourth-order valence-electron chi connectivity index (χ4n) is 2.38. The Morgan fingerprint density at radius 1 is 1.09 bits per heavy atom. The van der Waals surface area contributed by atoms with Crippen molar-refractivity contribution < 1.29 is 4.79 Å². The molecule has 1 fully saturated rings. The quantitative estimate of drug-likeness (QED) is 0.774. The number of hydrogen-bond donors (Lipinski definition) is 2. The molecule has 114 valence electrons. The fourth-order valence-corrected chi connectivity index (χ4v) is 2.38. The van der Waals surface area contributed by atoms with Gasteiger partial charge in [-0.3, -0.25) is 9.78 Å². The molecule has 0 radical (unpaired) electrons. The summed E-state index contributed by atoms with van der Waals surface area (Å²) in [6.07, 6.45) is 5.23. The van der Waals surface area contributed by atoms with Crippen LogP contribution in [-0.2, 0) is 0 Å². The Hall–Kier alpha value is -3.02. The summed E-state index contributed by atoms with van der Waals surface area (Å²) in [4.78, 5) is 24.7. The number of hydrogen-bond acceptors (Lipinski definition) is 5. The van der Waals surface area contributed by atoms with E-state index in [-0.39, 0.29) is 5.91 Å². The second kappa shape index (κ2) is 5.64. The zero-order valence-electron chi connectivity index (χ0n) is 12.4. The second-order valence-corrected chi connectivity index (χ2v) is 5.54. The van der Waals surface area contributed by atoms with Gasteiger partial charge in [-0.2, -0.15) is 0 Å². The molecule has 1 saturated carbocycles. The average Bonchev–Trinajstić information content (AvgIpc) is 3.39. The van der Waals surface area contributed by atoms with Crippen molar-refractivity contribution in [3.8, 4) is 0 Å². The lowest BCUT2D eigenvalue weighted by atomic mass is 10.2. The molecule has 1 aliphatic carbocycles. The van der Waals surface area contributed by atoms with Gasteiger partial charge in [0.25, 0.3) is 5.91 Å². The lowest BCUT2D eigenvalue weighted by molar-refractivity contribution is 0.0946. The SMILES string of the molecule is O=C(NC1CC1)c1cc(Nc2cccc3cccnc23)ncn1. The molecule has 0 aliphatic heterocycles. The smallest absolute Gasteiger partial charge is 0.270 e. The minimum atomic E-state index is -0.158. The van der Waals surface area contributed by atoms with Crippen LogP contribution in [-0.4, -0.2) is 26.9 Å². The van der Waals surface area contributed by atoms with Crippen LogP contribution in [0.15, 0.2) is 48.9 Å². The van der Waals surface area contributed by atoms with Gasteiger partial charge in [0, 0.05) is 23.7 Å². The van der Waals surface area contributed by atoms with Gasteiger partial charge in [0.1, 0.15) is 17.8 Å². The Morgan fingerprint density at radius 2 is 1.96 bits per heavy atom. The third-order valence-electron chi connectivity index (χ3n) is 3.71. The Kier molecular flexibility index (Phi) is 3.34. The number of carbonyl (C=O) groups is 1. The molecule has 0 atom stereocenters. The van der Waals surface area contributed by atoms with Crippen molar-refractivity contribution in [1.29, 1.82) is 0 Å². The van der Waals surface area contributed by atoms with Gasteiger partial charge in [-0.1, -0.05) is 18.2 Å². The molecule has 0 unspecified atom stereocenters. The standard InChI is InChI=1S/C17H15N5O/c23-17(21-12-6-7-12)14-9-15(20-10-19-14)22-13-5-1-3-11-4-2-8-18-16(11)13/h1-5,8-10,12H,6-7H2,(H,21,23)(H,19,20,22). The van der Waals surface area contributed by atoms with E-state index >= 15 is 0 Å². The van der Waals surface area contributed by atoms with Crippen LogP contribution in [0.4, 0.5) is 11.5 Å². The van der Waals surface area contributed by atoms with Crippen LogP contribution < -0.4 is 10.6 Å². The van der Waals surface area contributed by atoms with Gasteiger partial charge >= 0.3 is 0 Å². The molecule has 6 heteroatoms. The number of fused-ring (bicyclic) bond motifs is 1. The van der Waals surface area contributed by atoms with Crippen LogP contribution in [0.1, 0.15) is 23.3 Å². The minimum Gasteiger partial charge on any atom is -0.348 e. The van der Waals surface area contributed by atoms with E-state index in [0.717, 1.165) is 29.4 Å². The number of pyridine rings is 1. The number of carbonyl (C=O) groups excluding carboxylic acids is 1. The summed E-state index contributed by atoms with van der Waals surface area (Å²) in [5, 5.41) is 7.18. The van der Waals surface area contributed by atoms with Gasteiger partial charge < -0.3 is 10.6 Å². The lowest BCUT2D eigenvalue weighted by Crippen LogP contribution is -2.26. The number of aromatic nitrogens is 3. The molecule has 3 aromatic rings. The highest BCUT2D eigenvalue weighted by Gasteiger charge is 2.24. The second-order valence-electron chi connectivity index (χ2n) is 5.54. The number of para-hydroxylation sites is 1. The Labute approximate surface area is 133 Å². The van der Waals surface area contributed by atoms with Gasteiger partial charge in [-0.05, 0) is 25.0 Å². The summed E-state index contributed by atoms with van der Waals surface area (Å²) in [5.41, 5.74) is 2.07. The Morgan fingerprint density at radius 3 is 2.83 bits per heavy atom. The molecule has 1 aliphatic rings. The van der Waals surface area contributed by atoms with E-state index in [1.54, 1.807) is 12.3 Å². The first-order valence-electron chi connectivity index (χ1n) is 7.53. The molecule has 0 spiro atoms. The summed E-state index contributed by atoms with van der Waals surface area (Å²) in [6, 6.07) is 11.7. The summed E-state index contributed by atoms with van der Waals surface area (Å²) < 4.78 is 0. The number of amides is 1. The van der Waals surface area contributed by atoms with Gasteiger partial charge in [0.05, 0.1) is 11.2 Å². The molecule has 2 aromatic heterocycles. The third kappa shape index (κ3) is 2.96. The van der Waals surface area contributed by atoms with Crippen LogP contribution >= 0.6 is 0 Å². The zero-order valence-corrected chi connectivity index (χ0v) is 12.4. The normalized spacial score (nSPS) is 13.7. The molecule has 6 nitrogen and oxygen atoms in total. The van der Waals surface area contributed by atoms with Crippen molar-refractivity contribution in [2.24, 2.45) is 0 Å². The maximum absolute atomic E-state index is 12.1. The van der Waals surface area contributed by atoms with E-state index in [1.165, 1.54) is 6.33 Å². The van der Waals surface area contributed by atoms with E-state index in [2.05, 4.69) is 25.6 Å². The summed E-state index contributed by atoms with van der Waals surface area (Å²) in [5.74, 6) is 0.410. The van der Waals surface area contributed by atoms with Crippen molar-refractivity contribution in [1.82, 2.24) is 20.3 Å². The number of anilines is 2. The summed E-state index contributed by atoms with van der Waals surface area (Å²) >= 11 is 0. The van der Waals surface area contributed by atoms with Crippen LogP contribution in [0.5, 0.6) is 0 Å². The maximum Gasteiger partial charge on any atom is 0.270 e. The lowest BCUT2D eigenvalue weighted by Gasteiger charge is -2.09. The van der Waals surface area contributed by atoms with Crippen molar-refractivity contribution in [3.05, 3.63) is 54.6 Å². The molecule has 1 aromatic carbocycles. The van der Waals surface area contributed by atoms with Crippen LogP contribution in [0.2, 0.25) is 0 Å². The van der Waals surface area contributed by atoms with Crippen LogP contribution in [0, 0.1) is 0 Å². The van der Waals surface area contributed by atoms with E-state index in [0.29, 0.717) is 17.6 Å². The first-order chi connectivity index (χ1) is 11.3. The summed E-state index contributed by atoms with van der Waals surface area (Å²) in [6.45, 7) is 0. The maximum atomic E-state index is 12.1. The zero-order chi connectivity index (χ0) is 15.6. The predicted molar refractivity (Wildman–Crippen MR) is 87.5 cm³/mol. The fraction of sp³-hybridized carbons (Fsp3) is 0.176. The average molecular weight is 305 g/mol. The Bertz CT molecular complexity index is 870. The monoisotopic (exact) mass is 305 g/mol. The van der Waals surface area contributed by atoms with E-state index < -0.39 is 0 Å². The number of nitrogens with zero attached hydrogens (tertiary/aromatic N) is 3. The van der Waals surface area contributed by atoms with Crippen molar-refractivity contribution >= 4 is 28.3 Å². The van der Waals surface area contributed by atoms with E-state index in [1.807, 2.05) is 30.3 Å². The summed E-state index contributed by atoms with van der Waals surface area (Å²) in [7, 11) is 0. The van der Waals surface area contributed by atoms with Gasteiger partial charge in [0.15, 0.2) is 0 Å². The first kappa shape index (κ1) is 13.6. The third-order valence-corrected chi connectivity index (χ3v) is 3.71. The highest BCUT2D eigenvalue weighted by atomic mass is 16.2. The van der Waals surface area contributed by atoms with Crippen LogP contribution in [0.3, 0.4) is 0 Å². The number of rotatable bonds is 4. The molecule has 0 bridgehead atoms. The number of benzene rings is 1. The van der Waals surface area contributed by atoms with Crippen LogP contribution in [0.25, 0.3) is 10.9 Å². The largest absolute Gasteiger partial charge is 0.348 e. The molecule has 2 N–H and O–H groups in total. The van der Waals surface area contributed by atoms with Crippen molar-refractivity contribution in [2.45, 2.75) is 18.9 Å². The molecule has 2 heterocycles. The minimum absolute atomic E-state index is 0.158. The van der Waals surface area contributed by atoms with E-state index in [9.17, 15) is 4.79 Å². The first-order valence-corrected chi connectivity index (χ1v) is 7.53. The molecule has 0 saturated heterocycles. The Balaban J connectivity index is 1.61. The van der Waals surface area contributed by atoms with Crippen molar-refractivity contribution in [2.75, 3.05) is 5.32 Å². The molecule has 4 rings (SSSR count). The molecule has 1 amide bonds. The highest BCUT2D eigenvalue weighted by molar-refractivity contribution is 5.94. The van der Waals surface area contributed by atoms with E-state index in [4.69, 9.17) is 0 Å². The molecular weight excluding hydrogens is 290 g/mol. The highest BCUT2D eigenvalue weighted by Crippen LogP contribution is 2.24.